The number of aromatic carboxylic acids is 1. The van der Waals surface area contributed by atoms with Crippen LogP contribution >= 0.6 is 0 Å². The first kappa shape index (κ1) is 22.0. The van der Waals surface area contributed by atoms with E-state index in [2.05, 4.69) is 4.74 Å². The van der Waals surface area contributed by atoms with Gasteiger partial charge in [-0.15, -0.1) is 0 Å². The van der Waals surface area contributed by atoms with Crippen LogP contribution in [0.15, 0.2) is 66.7 Å². The van der Waals surface area contributed by atoms with Gasteiger partial charge in [-0.05, 0) is 35.9 Å². The number of nitrogens with zero attached hydrogens (tertiary/aromatic N) is 1. The smallest absolute Gasteiger partial charge is 0.478 e. The maximum absolute atomic E-state index is 12.7. The fourth-order valence-electron chi connectivity index (χ4n) is 2.76. The Balaban J connectivity index is 1.98. The molecule has 0 radical (unpaired) electrons. The van der Waals surface area contributed by atoms with Crippen molar-refractivity contribution in [3.8, 4) is 22.6 Å². The molecule has 0 amide bonds. The molecule has 0 saturated heterocycles. The Bertz CT molecular complexity index is 1210. The first-order valence-corrected chi connectivity index (χ1v) is 8.99. The van der Waals surface area contributed by atoms with E-state index in [1.807, 2.05) is 0 Å². The highest BCUT2D eigenvalue weighted by Gasteiger charge is 2.23. The van der Waals surface area contributed by atoms with Crippen molar-refractivity contribution in [3.05, 3.63) is 88.0 Å². The minimum atomic E-state index is -1.22. The van der Waals surface area contributed by atoms with Gasteiger partial charge >= 0.3 is 23.8 Å². The topological polar surface area (TPSA) is 142 Å². The van der Waals surface area contributed by atoms with Crippen molar-refractivity contribution in [2.45, 2.75) is 0 Å². The summed E-state index contributed by atoms with van der Waals surface area (Å²) in [5, 5.41) is 20.6. The molecule has 10 nitrogen and oxygen atoms in total. The summed E-state index contributed by atoms with van der Waals surface area (Å²) in [5.41, 5.74) is 0.130. The standard InChI is InChI=1S/C22H15NO9/c1-30-22(27)32-18-10-8-15(11-17(18)23(28)29)21(26)31-19-12-14(20(24)25)7-9-16(19)13-5-3-2-4-6-13/h2-12H,1H3,(H,24,25). The molecule has 0 heterocycles. The Kier molecular flexibility index (Phi) is 6.44. The van der Waals surface area contributed by atoms with Crippen molar-refractivity contribution in [1.29, 1.82) is 0 Å². The molecule has 1 N–H and O–H groups in total. The Morgan fingerprint density at radius 3 is 2.19 bits per heavy atom. The largest absolute Gasteiger partial charge is 0.513 e. The van der Waals surface area contributed by atoms with Crippen LogP contribution in [-0.4, -0.2) is 35.2 Å². The van der Waals surface area contributed by atoms with E-state index in [1.165, 1.54) is 18.2 Å². The SMILES string of the molecule is COC(=O)Oc1ccc(C(=O)Oc2cc(C(=O)O)ccc2-c2ccccc2)cc1[N+](=O)[O-]. The molecule has 32 heavy (non-hydrogen) atoms. The van der Waals surface area contributed by atoms with Gasteiger partial charge in [0.25, 0.3) is 0 Å². The van der Waals surface area contributed by atoms with Gasteiger partial charge in [0.1, 0.15) is 5.75 Å². The number of nitro benzene ring substituents is 1. The third kappa shape index (κ3) is 4.87. The molecule has 0 atom stereocenters. The van der Waals surface area contributed by atoms with E-state index in [0.29, 0.717) is 11.1 Å². The number of carbonyl (C=O) groups is 3. The number of ether oxygens (including phenoxy) is 3. The predicted octanol–water partition coefficient (Wildman–Crippen LogP) is 4.32. The van der Waals surface area contributed by atoms with Gasteiger partial charge < -0.3 is 19.3 Å². The fourth-order valence-corrected chi connectivity index (χ4v) is 2.76. The quantitative estimate of drug-likeness (QED) is 0.196. The van der Waals surface area contributed by atoms with Gasteiger partial charge in [-0.25, -0.2) is 14.4 Å². The van der Waals surface area contributed by atoms with E-state index in [4.69, 9.17) is 9.47 Å². The van der Waals surface area contributed by atoms with E-state index >= 15 is 0 Å². The lowest BCUT2D eigenvalue weighted by atomic mass is 10.0. The first-order chi connectivity index (χ1) is 15.3. The van der Waals surface area contributed by atoms with E-state index in [0.717, 1.165) is 25.3 Å². The second kappa shape index (κ2) is 9.39. The first-order valence-electron chi connectivity index (χ1n) is 8.99. The zero-order valence-electron chi connectivity index (χ0n) is 16.5. The molecule has 0 fully saturated rings. The molecule has 162 valence electrons. The molecule has 0 bridgehead atoms. The Hall–Kier alpha value is -4.73. The van der Waals surface area contributed by atoms with Gasteiger partial charge in [0.2, 0.25) is 5.75 Å². The number of hydrogen-bond acceptors (Lipinski definition) is 8. The monoisotopic (exact) mass is 437 g/mol. The highest BCUT2D eigenvalue weighted by atomic mass is 16.7. The third-order valence-corrected chi connectivity index (χ3v) is 4.27. The highest BCUT2D eigenvalue weighted by molar-refractivity contribution is 5.95. The zero-order chi connectivity index (χ0) is 23.3. The maximum Gasteiger partial charge on any atom is 0.513 e. The molecule has 0 unspecified atom stereocenters. The molecule has 0 spiro atoms. The predicted molar refractivity (Wildman–Crippen MR) is 110 cm³/mol. The summed E-state index contributed by atoms with van der Waals surface area (Å²) in [5.74, 6) is -2.66. The lowest BCUT2D eigenvalue weighted by Crippen LogP contribution is -2.12. The summed E-state index contributed by atoms with van der Waals surface area (Å²) in [6.45, 7) is 0. The average molecular weight is 437 g/mol. The van der Waals surface area contributed by atoms with Crippen molar-refractivity contribution < 1.29 is 38.6 Å². The molecular formula is C22H15NO9. The van der Waals surface area contributed by atoms with Gasteiger partial charge in [-0.1, -0.05) is 30.3 Å². The van der Waals surface area contributed by atoms with E-state index in [1.54, 1.807) is 30.3 Å². The number of rotatable bonds is 6. The number of carbonyl (C=O) groups excluding carboxylic acids is 2. The second-order valence-electron chi connectivity index (χ2n) is 6.27. The number of hydrogen-bond donors (Lipinski definition) is 1. The van der Waals surface area contributed by atoms with Crippen LogP contribution in [0.5, 0.6) is 11.5 Å². The minimum absolute atomic E-state index is 0.0429. The second-order valence-corrected chi connectivity index (χ2v) is 6.27. The summed E-state index contributed by atoms with van der Waals surface area (Å²) < 4.78 is 14.4. The van der Waals surface area contributed by atoms with Crippen LogP contribution in [0.3, 0.4) is 0 Å². The van der Waals surface area contributed by atoms with E-state index < -0.39 is 34.5 Å². The Morgan fingerprint density at radius 1 is 0.875 bits per heavy atom. The number of benzene rings is 3. The van der Waals surface area contributed by atoms with Gasteiger partial charge in [-0.2, -0.15) is 0 Å². The number of methoxy groups -OCH3 is 1. The number of esters is 1. The van der Waals surface area contributed by atoms with Crippen molar-refractivity contribution in [2.75, 3.05) is 7.11 Å². The van der Waals surface area contributed by atoms with Gasteiger partial charge in [0.15, 0.2) is 0 Å². The number of carboxylic acid groups (broad SMARTS) is 1. The van der Waals surface area contributed by atoms with Gasteiger partial charge in [-0.3, -0.25) is 10.1 Å². The molecule has 3 rings (SSSR count). The molecule has 0 aliphatic heterocycles. The third-order valence-electron chi connectivity index (χ3n) is 4.27. The molecular weight excluding hydrogens is 422 g/mol. The summed E-state index contributed by atoms with van der Waals surface area (Å²) >= 11 is 0. The van der Waals surface area contributed by atoms with Crippen molar-refractivity contribution in [2.24, 2.45) is 0 Å². The molecule has 0 aliphatic rings. The number of nitro groups is 1. The van der Waals surface area contributed by atoms with Crippen molar-refractivity contribution >= 4 is 23.8 Å². The lowest BCUT2D eigenvalue weighted by molar-refractivity contribution is -0.385. The van der Waals surface area contributed by atoms with Crippen LogP contribution in [0, 0.1) is 10.1 Å². The van der Waals surface area contributed by atoms with Crippen molar-refractivity contribution in [1.82, 2.24) is 0 Å². The van der Waals surface area contributed by atoms with E-state index in [-0.39, 0.29) is 16.9 Å². The summed E-state index contributed by atoms with van der Waals surface area (Å²) in [6, 6.07) is 15.9. The van der Waals surface area contributed by atoms with Gasteiger partial charge in [0.05, 0.1) is 23.2 Å². The molecule has 10 heteroatoms. The fraction of sp³-hybridized carbons (Fsp3) is 0.0455. The van der Waals surface area contributed by atoms with Crippen LogP contribution in [0.4, 0.5) is 10.5 Å². The Morgan fingerprint density at radius 2 is 1.56 bits per heavy atom. The van der Waals surface area contributed by atoms with Crippen LogP contribution in [0.2, 0.25) is 0 Å². The average Bonchev–Trinajstić information content (AvgIpc) is 2.79. The zero-order valence-corrected chi connectivity index (χ0v) is 16.5. The number of carboxylic acids is 1. The lowest BCUT2D eigenvalue weighted by Gasteiger charge is -2.12. The highest BCUT2D eigenvalue weighted by Crippen LogP contribution is 2.33. The maximum atomic E-state index is 12.7. The molecule has 3 aromatic carbocycles. The summed E-state index contributed by atoms with van der Waals surface area (Å²) in [4.78, 5) is 45.8. The summed E-state index contributed by atoms with van der Waals surface area (Å²) in [7, 11) is 1.04. The van der Waals surface area contributed by atoms with Crippen LogP contribution in [0.1, 0.15) is 20.7 Å². The Labute approximate surface area is 180 Å². The summed E-state index contributed by atoms with van der Waals surface area (Å²) in [6.07, 6.45) is -1.17. The van der Waals surface area contributed by atoms with Crippen molar-refractivity contribution in [3.63, 3.8) is 0 Å². The van der Waals surface area contributed by atoms with E-state index in [9.17, 15) is 29.6 Å². The minimum Gasteiger partial charge on any atom is -0.478 e. The molecule has 0 aromatic heterocycles. The molecule has 0 saturated carbocycles. The molecule has 0 aliphatic carbocycles. The molecule has 3 aromatic rings. The van der Waals surface area contributed by atoms with Crippen LogP contribution in [-0.2, 0) is 4.74 Å². The normalized spacial score (nSPS) is 10.2. The van der Waals surface area contributed by atoms with Crippen LogP contribution in [0.25, 0.3) is 11.1 Å². The van der Waals surface area contributed by atoms with Crippen LogP contribution < -0.4 is 9.47 Å². The van der Waals surface area contributed by atoms with Gasteiger partial charge in [0, 0.05) is 11.6 Å².